The van der Waals surface area contributed by atoms with E-state index in [-0.39, 0.29) is 36.8 Å². The number of hydrogen-bond donors (Lipinski definition) is 2. The molecule has 2 fully saturated rings. The van der Waals surface area contributed by atoms with Gasteiger partial charge in [0.2, 0.25) is 5.91 Å². The summed E-state index contributed by atoms with van der Waals surface area (Å²) in [7, 11) is 0. The molecule has 0 saturated carbocycles. The van der Waals surface area contributed by atoms with Gasteiger partial charge in [0.15, 0.2) is 0 Å². The normalized spacial score (nSPS) is 21.0. The van der Waals surface area contributed by atoms with Crippen LogP contribution in [0.4, 0.5) is 0 Å². The quantitative estimate of drug-likeness (QED) is 0.790. The van der Waals surface area contributed by atoms with Crippen LogP contribution in [-0.4, -0.2) is 36.5 Å². The average molecular weight is 402 g/mol. The van der Waals surface area contributed by atoms with Crippen LogP contribution in [0.3, 0.4) is 0 Å². The molecule has 0 bridgehead atoms. The van der Waals surface area contributed by atoms with Crippen LogP contribution in [0.2, 0.25) is 0 Å². The molecule has 2 aliphatic rings. The molecule has 2 N–H and O–H groups in total. The number of hydrogen-bond acceptors (Lipinski definition) is 3. The van der Waals surface area contributed by atoms with Gasteiger partial charge in [-0.3, -0.25) is 9.69 Å². The largest absolute Gasteiger partial charge is 0.351 e. The Balaban J connectivity index is 0.00000169. The Morgan fingerprint density at radius 2 is 1.77 bits per heavy atom. The Bertz CT molecular complexity index is 528. The monoisotopic (exact) mass is 401 g/mol. The highest BCUT2D eigenvalue weighted by Crippen LogP contribution is 2.14. The third-order valence-electron chi connectivity index (χ3n) is 5.19. The highest BCUT2D eigenvalue weighted by molar-refractivity contribution is 5.85. The van der Waals surface area contributed by atoms with E-state index in [0.29, 0.717) is 6.54 Å². The Labute approximate surface area is 170 Å². The lowest BCUT2D eigenvalue weighted by Gasteiger charge is -2.22. The van der Waals surface area contributed by atoms with Gasteiger partial charge in [-0.05, 0) is 56.4 Å². The summed E-state index contributed by atoms with van der Waals surface area (Å²) in [4.78, 5) is 14.8. The standard InChI is InChI=1S/C20H31N3O.2ClH/c24-20(19-10-3-4-11-21-19)22-15-17-8-7-9-18(14-17)16-23-12-5-1-2-6-13-23;;/h7-9,14,19,21H,1-6,10-13,15-16H2,(H,22,24);2*1H/t19-;;/m1../s1. The number of nitrogens with zero attached hydrogens (tertiary/aromatic N) is 1. The second-order valence-electron chi connectivity index (χ2n) is 7.23. The van der Waals surface area contributed by atoms with Crippen molar-refractivity contribution in [1.82, 2.24) is 15.5 Å². The van der Waals surface area contributed by atoms with Gasteiger partial charge in [-0.15, -0.1) is 24.8 Å². The van der Waals surface area contributed by atoms with Gasteiger partial charge >= 0.3 is 0 Å². The van der Waals surface area contributed by atoms with E-state index in [0.717, 1.165) is 25.9 Å². The zero-order valence-electron chi connectivity index (χ0n) is 15.5. The maximum Gasteiger partial charge on any atom is 0.237 e. The molecule has 0 spiro atoms. The summed E-state index contributed by atoms with van der Waals surface area (Å²) < 4.78 is 0. The van der Waals surface area contributed by atoms with Gasteiger partial charge < -0.3 is 10.6 Å². The van der Waals surface area contributed by atoms with Crippen molar-refractivity contribution in [2.75, 3.05) is 19.6 Å². The molecule has 3 rings (SSSR count). The lowest BCUT2D eigenvalue weighted by atomic mass is 10.0. The molecule has 4 nitrogen and oxygen atoms in total. The number of piperidine rings is 1. The van der Waals surface area contributed by atoms with E-state index in [9.17, 15) is 4.79 Å². The third-order valence-corrected chi connectivity index (χ3v) is 5.19. The predicted molar refractivity (Wildman–Crippen MR) is 112 cm³/mol. The lowest BCUT2D eigenvalue weighted by Crippen LogP contribution is -2.46. The van der Waals surface area contributed by atoms with Crippen LogP contribution in [0.5, 0.6) is 0 Å². The summed E-state index contributed by atoms with van der Waals surface area (Å²) in [5.41, 5.74) is 2.56. The van der Waals surface area contributed by atoms with Crippen LogP contribution < -0.4 is 10.6 Å². The molecule has 0 aliphatic carbocycles. The van der Waals surface area contributed by atoms with Gasteiger partial charge in [-0.2, -0.15) is 0 Å². The molecule has 1 amide bonds. The summed E-state index contributed by atoms with van der Waals surface area (Å²) >= 11 is 0. The zero-order valence-corrected chi connectivity index (χ0v) is 17.2. The lowest BCUT2D eigenvalue weighted by molar-refractivity contribution is -0.123. The van der Waals surface area contributed by atoms with Crippen molar-refractivity contribution >= 4 is 30.7 Å². The number of amides is 1. The number of benzene rings is 1. The van der Waals surface area contributed by atoms with Crippen molar-refractivity contribution in [3.05, 3.63) is 35.4 Å². The van der Waals surface area contributed by atoms with Gasteiger partial charge in [0.05, 0.1) is 6.04 Å². The van der Waals surface area contributed by atoms with Gasteiger partial charge in [0.1, 0.15) is 0 Å². The van der Waals surface area contributed by atoms with Crippen molar-refractivity contribution < 1.29 is 4.79 Å². The van der Waals surface area contributed by atoms with Crippen LogP contribution in [0.15, 0.2) is 24.3 Å². The first-order valence-electron chi connectivity index (χ1n) is 9.62. The number of halogens is 2. The summed E-state index contributed by atoms with van der Waals surface area (Å²) in [5, 5.41) is 6.40. The molecule has 1 aromatic carbocycles. The van der Waals surface area contributed by atoms with E-state index in [1.807, 2.05) is 0 Å². The van der Waals surface area contributed by atoms with Gasteiger partial charge in [0, 0.05) is 13.1 Å². The van der Waals surface area contributed by atoms with Crippen molar-refractivity contribution in [2.45, 2.75) is 64.1 Å². The minimum Gasteiger partial charge on any atom is -0.351 e. The van der Waals surface area contributed by atoms with Crippen LogP contribution in [0, 0.1) is 0 Å². The Hall–Kier alpha value is -0.810. The maximum atomic E-state index is 12.2. The van der Waals surface area contributed by atoms with Gasteiger partial charge in [-0.1, -0.05) is 43.5 Å². The van der Waals surface area contributed by atoms with Crippen LogP contribution in [-0.2, 0) is 17.9 Å². The molecule has 1 atom stereocenters. The number of likely N-dealkylation sites (tertiary alicyclic amines) is 1. The van der Waals surface area contributed by atoms with E-state index in [2.05, 4.69) is 39.8 Å². The highest BCUT2D eigenvalue weighted by atomic mass is 35.5. The molecule has 1 aromatic rings. The second kappa shape index (κ2) is 12.6. The van der Waals surface area contributed by atoms with Crippen molar-refractivity contribution in [1.29, 1.82) is 0 Å². The number of nitrogens with one attached hydrogen (secondary N) is 2. The van der Waals surface area contributed by atoms with Gasteiger partial charge in [-0.25, -0.2) is 0 Å². The fraction of sp³-hybridized carbons (Fsp3) is 0.650. The summed E-state index contributed by atoms with van der Waals surface area (Å²) in [5.74, 6) is 0.146. The van der Waals surface area contributed by atoms with E-state index < -0.39 is 0 Å². The predicted octanol–water partition coefficient (Wildman–Crippen LogP) is 3.66. The van der Waals surface area contributed by atoms with E-state index in [1.165, 1.54) is 56.3 Å². The van der Waals surface area contributed by atoms with Crippen LogP contribution in [0.1, 0.15) is 56.1 Å². The van der Waals surface area contributed by atoms with Crippen molar-refractivity contribution in [3.8, 4) is 0 Å². The summed E-state index contributed by atoms with van der Waals surface area (Å²) in [6, 6.07) is 8.69. The molecule has 2 saturated heterocycles. The first-order chi connectivity index (χ1) is 11.8. The molecule has 0 unspecified atom stereocenters. The Morgan fingerprint density at radius 3 is 2.46 bits per heavy atom. The minimum absolute atomic E-state index is 0. The minimum atomic E-state index is -0.000896. The fourth-order valence-corrected chi connectivity index (χ4v) is 3.78. The van der Waals surface area contributed by atoms with Crippen LogP contribution in [0.25, 0.3) is 0 Å². The maximum absolute atomic E-state index is 12.2. The molecular weight excluding hydrogens is 369 g/mol. The average Bonchev–Trinajstić information content (AvgIpc) is 2.89. The Kier molecular flexibility index (Phi) is 11.2. The molecule has 0 aromatic heterocycles. The molecule has 148 valence electrons. The van der Waals surface area contributed by atoms with E-state index >= 15 is 0 Å². The fourth-order valence-electron chi connectivity index (χ4n) is 3.78. The Morgan fingerprint density at radius 1 is 1.04 bits per heavy atom. The zero-order chi connectivity index (χ0) is 16.6. The van der Waals surface area contributed by atoms with E-state index in [4.69, 9.17) is 0 Å². The first-order valence-corrected chi connectivity index (χ1v) is 9.62. The third kappa shape index (κ3) is 7.43. The molecule has 2 heterocycles. The molecule has 2 aliphatic heterocycles. The van der Waals surface area contributed by atoms with E-state index in [1.54, 1.807) is 0 Å². The smallest absolute Gasteiger partial charge is 0.237 e. The number of carbonyl (C=O) groups is 1. The molecule has 6 heteroatoms. The molecule has 0 radical (unpaired) electrons. The number of rotatable bonds is 5. The second-order valence-corrected chi connectivity index (χ2v) is 7.23. The number of carbonyl (C=O) groups excluding carboxylic acids is 1. The molecule has 26 heavy (non-hydrogen) atoms. The summed E-state index contributed by atoms with van der Waals surface area (Å²) in [6.07, 6.45) is 8.68. The topological polar surface area (TPSA) is 44.4 Å². The first kappa shape index (κ1) is 23.2. The van der Waals surface area contributed by atoms with Crippen molar-refractivity contribution in [2.24, 2.45) is 0 Å². The van der Waals surface area contributed by atoms with Gasteiger partial charge in [0.25, 0.3) is 0 Å². The molecular formula is C20H33Cl2N3O. The SMILES string of the molecule is Cl.Cl.O=C(NCc1cccc(CN2CCCCCC2)c1)[C@H]1CCCCN1. The highest BCUT2D eigenvalue weighted by Gasteiger charge is 2.19. The summed E-state index contributed by atoms with van der Waals surface area (Å²) in [6.45, 7) is 5.06. The van der Waals surface area contributed by atoms with Crippen LogP contribution >= 0.6 is 24.8 Å². The van der Waals surface area contributed by atoms with Crippen molar-refractivity contribution in [3.63, 3.8) is 0 Å².